The van der Waals surface area contributed by atoms with Crippen molar-refractivity contribution in [2.75, 3.05) is 9.80 Å². The first kappa shape index (κ1) is 32.7. The third kappa shape index (κ3) is 7.26. The number of benzene rings is 7. The molecule has 0 heterocycles. The molecule has 0 unspecified atom stereocenters. The quantitative estimate of drug-likeness (QED) is 0.151. The van der Waals surface area contributed by atoms with Crippen molar-refractivity contribution in [2.24, 2.45) is 0 Å². The summed E-state index contributed by atoms with van der Waals surface area (Å²) in [5, 5.41) is 2.47. The van der Waals surface area contributed by atoms with Gasteiger partial charge < -0.3 is 9.80 Å². The Morgan fingerprint density at radius 3 is 1.36 bits per heavy atom. The molecule has 0 fully saturated rings. The summed E-state index contributed by atoms with van der Waals surface area (Å²) >= 11 is 0. The number of para-hydroxylation sites is 1. The largest absolute Gasteiger partial charge is 0.310 e. The first-order valence-corrected chi connectivity index (χ1v) is 17.4. The minimum absolute atomic E-state index is 0.107. The van der Waals surface area contributed by atoms with Gasteiger partial charge in [0, 0.05) is 34.1 Å². The zero-order valence-electron chi connectivity index (χ0n) is 29.6. The van der Waals surface area contributed by atoms with Gasteiger partial charge in [-0.15, -0.1) is 0 Å². The van der Waals surface area contributed by atoms with Crippen LogP contribution in [-0.4, -0.2) is 0 Å². The van der Waals surface area contributed by atoms with Crippen LogP contribution in [0.5, 0.6) is 0 Å². The number of rotatable bonds is 8. The molecule has 0 saturated carbocycles. The molecule has 7 rings (SSSR count). The van der Waals surface area contributed by atoms with Crippen LogP contribution in [0.1, 0.15) is 48.6 Å². The number of anilines is 6. The fraction of sp³-hybridized carbons (Fsp3) is 0.125. The molecule has 7 aromatic rings. The van der Waals surface area contributed by atoms with Gasteiger partial charge in [0.25, 0.3) is 0 Å². The highest BCUT2D eigenvalue weighted by Gasteiger charge is 2.17. The van der Waals surface area contributed by atoms with Gasteiger partial charge >= 0.3 is 0 Å². The lowest BCUT2D eigenvalue weighted by atomic mass is 9.87. The van der Waals surface area contributed by atoms with E-state index < -0.39 is 0 Å². The molecule has 0 spiro atoms. The molecule has 50 heavy (non-hydrogen) atoms. The lowest BCUT2D eigenvalue weighted by Gasteiger charge is -2.27. The summed E-state index contributed by atoms with van der Waals surface area (Å²) in [7, 11) is 0. The first-order chi connectivity index (χ1) is 24.2. The SMILES string of the molecule is Cc1cc(C)cc(N(c2ccc(C=Cc3ccc(N(c4ccccc4)c4ccc5ccccc5c4)cc3)cc2)c2ccc(C(C)(C)C)cc2)c1. The molecule has 2 nitrogen and oxygen atoms in total. The van der Waals surface area contributed by atoms with Gasteiger partial charge in [0.05, 0.1) is 0 Å². The zero-order valence-corrected chi connectivity index (χ0v) is 29.6. The Hall–Kier alpha value is -5.86. The highest BCUT2D eigenvalue weighted by atomic mass is 15.1. The van der Waals surface area contributed by atoms with Crippen molar-refractivity contribution in [3.8, 4) is 0 Å². The third-order valence-corrected chi connectivity index (χ3v) is 9.23. The highest BCUT2D eigenvalue weighted by Crippen LogP contribution is 2.38. The van der Waals surface area contributed by atoms with Crippen molar-refractivity contribution in [3.05, 3.63) is 192 Å². The number of fused-ring (bicyclic) bond motifs is 1. The molecular weight excluding hydrogens is 605 g/mol. The molecule has 2 heteroatoms. The molecule has 0 bridgehead atoms. The third-order valence-electron chi connectivity index (χ3n) is 9.23. The molecule has 0 saturated heterocycles. The molecular formula is C48H44N2. The van der Waals surface area contributed by atoms with E-state index in [0.717, 1.165) is 39.6 Å². The lowest BCUT2D eigenvalue weighted by Crippen LogP contribution is -2.13. The Balaban J connectivity index is 1.15. The topological polar surface area (TPSA) is 6.48 Å². The molecule has 0 amide bonds. The first-order valence-electron chi connectivity index (χ1n) is 17.4. The Morgan fingerprint density at radius 2 is 0.820 bits per heavy atom. The summed E-state index contributed by atoms with van der Waals surface area (Å²) in [6.07, 6.45) is 4.38. The van der Waals surface area contributed by atoms with E-state index in [9.17, 15) is 0 Å². The second-order valence-corrected chi connectivity index (χ2v) is 14.2. The normalized spacial score (nSPS) is 11.6. The smallest absolute Gasteiger partial charge is 0.0468 e. The molecule has 0 N–H and O–H groups in total. The van der Waals surface area contributed by atoms with E-state index in [1.165, 1.54) is 33.2 Å². The Labute approximate surface area is 297 Å². The Bertz CT molecular complexity index is 2220. The fourth-order valence-electron chi connectivity index (χ4n) is 6.64. The van der Waals surface area contributed by atoms with Crippen molar-refractivity contribution < 1.29 is 0 Å². The van der Waals surface area contributed by atoms with Crippen LogP contribution in [0.25, 0.3) is 22.9 Å². The maximum Gasteiger partial charge on any atom is 0.0468 e. The molecule has 0 aliphatic rings. The van der Waals surface area contributed by atoms with Crippen LogP contribution in [0.3, 0.4) is 0 Å². The van der Waals surface area contributed by atoms with Crippen molar-refractivity contribution in [3.63, 3.8) is 0 Å². The van der Waals surface area contributed by atoms with E-state index in [1.807, 2.05) is 0 Å². The maximum atomic E-state index is 2.35. The van der Waals surface area contributed by atoms with Gasteiger partial charge in [0.1, 0.15) is 0 Å². The number of nitrogens with zero attached hydrogens (tertiary/aromatic N) is 2. The van der Waals surface area contributed by atoms with E-state index in [0.29, 0.717) is 0 Å². The molecule has 0 aliphatic carbocycles. The monoisotopic (exact) mass is 648 g/mol. The molecule has 0 radical (unpaired) electrons. The van der Waals surface area contributed by atoms with Gasteiger partial charge in [-0.3, -0.25) is 0 Å². The van der Waals surface area contributed by atoms with Gasteiger partial charge in [-0.2, -0.15) is 0 Å². The van der Waals surface area contributed by atoms with Crippen LogP contribution >= 0.6 is 0 Å². The van der Waals surface area contributed by atoms with Gasteiger partial charge in [-0.05, 0) is 131 Å². The van der Waals surface area contributed by atoms with E-state index >= 15 is 0 Å². The van der Waals surface area contributed by atoms with Gasteiger partial charge in [0.2, 0.25) is 0 Å². The van der Waals surface area contributed by atoms with Crippen LogP contribution in [0, 0.1) is 13.8 Å². The standard InChI is InChI=1S/C48H44N2/c1-35-31-36(2)33-47(32-35)50(45-29-22-41(23-30-45)48(3,4)5)44-26-19-38(20-27-44)16-15-37-17-24-43(25-18-37)49(42-13-7-6-8-14-42)46-28-21-39-11-9-10-12-40(39)34-46/h6-34H,1-5H3. The summed E-state index contributed by atoms with van der Waals surface area (Å²) < 4.78 is 0. The van der Waals surface area contributed by atoms with Crippen molar-refractivity contribution in [2.45, 2.75) is 40.0 Å². The number of hydrogen-bond acceptors (Lipinski definition) is 2. The van der Waals surface area contributed by atoms with Crippen LogP contribution in [-0.2, 0) is 5.41 Å². The van der Waals surface area contributed by atoms with Gasteiger partial charge in [0.15, 0.2) is 0 Å². The fourth-order valence-corrected chi connectivity index (χ4v) is 6.64. The lowest BCUT2D eigenvalue weighted by molar-refractivity contribution is 0.590. The summed E-state index contributed by atoms with van der Waals surface area (Å²) in [6, 6.07) is 59.2. The number of hydrogen-bond donors (Lipinski definition) is 0. The Kier molecular flexibility index (Phi) is 9.11. The highest BCUT2D eigenvalue weighted by molar-refractivity contribution is 5.89. The summed E-state index contributed by atoms with van der Waals surface area (Å²) in [5.41, 5.74) is 13.1. The van der Waals surface area contributed by atoms with Gasteiger partial charge in [-0.25, -0.2) is 0 Å². The van der Waals surface area contributed by atoms with Crippen molar-refractivity contribution in [1.82, 2.24) is 0 Å². The zero-order chi connectivity index (χ0) is 34.7. The molecule has 0 atom stereocenters. The summed E-state index contributed by atoms with van der Waals surface area (Å²) in [6.45, 7) is 11.1. The predicted octanol–water partition coefficient (Wildman–Crippen LogP) is 13.9. The average molecular weight is 649 g/mol. The summed E-state index contributed by atoms with van der Waals surface area (Å²) in [5.74, 6) is 0. The van der Waals surface area contributed by atoms with E-state index in [4.69, 9.17) is 0 Å². The van der Waals surface area contributed by atoms with Crippen molar-refractivity contribution in [1.29, 1.82) is 0 Å². The van der Waals surface area contributed by atoms with Crippen LogP contribution in [0.15, 0.2) is 164 Å². The second-order valence-electron chi connectivity index (χ2n) is 14.2. The number of aryl methyl sites for hydroxylation is 2. The van der Waals surface area contributed by atoms with E-state index in [-0.39, 0.29) is 5.41 Å². The molecule has 0 aliphatic heterocycles. The van der Waals surface area contributed by atoms with Gasteiger partial charge in [-0.1, -0.05) is 124 Å². The predicted molar refractivity (Wildman–Crippen MR) is 217 cm³/mol. The van der Waals surface area contributed by atoms with Crippen LogP contribution in [0.4, 0.5) is 34.1 Å². The minimum atomic E-state index is 0.107. The second kappa shape index (κ2) is 13.9. The molecule has 0 aromatic heterocycles. The summed E-state index contributed by atoms with van der Waals surface area (Å²) in [4.78, 5) is 4.67. The minimum Gasteiger partial charge on any atom is -0.310 e. The average Bonchev–Trinajstić information content (AvgIpc) is 3.12. The van der Waals surface area contributed by atoms with E-state index in [2.05, 4.69) is 220 Å². The van der Waals surface area contributed by atoms with E-state index in [1.54, 1.807) is 0 Å². The molecule has 246 valence electrons. The maximum absolute atomic E-state index is 2.35. The van der Waals surface area contributed by atoms with Crippen LogP contribution < -0.4 is 9.80 Å². The Morgan fingerprint density at radius 1 is 0.380 bits per heavy atom. The van der Waals surface area contributed by atoms with Crippen LogP contribution in [0.2, 0.25) is 0 Å². The van der Waals surface area contributed by atoms with Crippen molar-refractivity contribution >= 4 is 57.0 Å². The molecule has 7 aromatic carbocycles.